The van der Waals surface area contributed by atoms with Crippen LogP contribution in [0.2, 0.25) is 0 Å². The molecule has 308 valence electrons. The van der Waals surface area contributed by atoms with Gasteiger partial charge in [-0.2, -0.15) is 0 Å². The number of unbranched alkanes of at least 4 members (excludes halogenated alkanes) is 31. The highest BCUT2D eigenvalue weighted by Crippen LogP contribution is 2.16. The van der Waals surface area contributed by atoms with Gasteiger partial charge in [-0.1, -0.05) is 220 Å². The highest BCUT2D eigenvalue weighted by Gasteiger charge is 2.19. The van der Waals surface area contributed by atoms with Crippen molar-refractivity contribution in [1.29, 1.82) is 0 Å². The summed E-state index contributed by atoms with van der Waals surface area (Å²) in [6.07, 6.45) is 42.3. The van der Waals surface area contributed by atoms with Gasteiger partial charge < -0.3 is 14.2 Å². The number of rotatable bonds is 42. The third-order valence-electron chi connectivity index (χ3n) is 10.4. The second kappa shape index (κ2) is 42.2. The molecule has 0 N–H and O–H groups in total. The molecule has 1 atom stereocenters. The van der Waals surface area contributed by atoms with Crippen LogP contribution in [0.3, 0.4) is 0 Å². The molecule has 0 aliphatic carbocycles. The minimum Gasteiger partial charge on any atom is -0.462 e. The molecule has 52 heavy (non-hydrogen) atoms. The molecule has 0 bridgehead atoms. The highest BCUT2D eigenvalue weighted by atomic mass is 16.6. The van der Waals surface area contributed by atoms with Gasteiger partial charge in [-0.05, 0) is 19.3 Å². The van der Waals surface area contributed by atoms with Gasteiger partial charge in [0.05, 0.1) is 0 Å². The molecule has 0 aromatic rings. The van der Waals surface area contributed by atoms with Crippen LogP contribution >= 0.6 is 0 Å². The Hall–Kier alpha value is -1.59. The second-order valence-corrected chi connectivity index (χ2v) is 15.7. The van der Waals surface area contributed by atoms with E-state index in [0.29, 0.717) is 19.3 Å². The first kappa shape index (κ1) is 50.4. The van der Waals surface area contributed by atoms with Gasteiger partial charge in [0.15, 0.2) is 6.10 Å². The normalized spacial score (nSPS) is 11.8. The Morgan fingerprint density at radius 3 is 0.769 bits per heavy atom. The Morgan fingerprint density at radius 2 is 0.519 bits per heavy atom. The average molecular weight is 737 g/mol. The summed E-state index contributed by atoms with van der Waals surface area (Å²) in [5, 5.41) is 0. The van der Waals surface area contributed by atoms with Crippen molar-refractivity contribution in [3.05, 3.63) is 0 Å². The molecule has 0 unspecified atom stereocenters. The third-order valence-corrected chi connectivity index (χ3v) is 10.4. The Labute approximate surface area is 323 Å². The zero-order chi connectivity index (χ0) is 38.0. The maximum atomic E-state index is 12.7. The summed E-state index contributed by atoms with van der Waals surface area (Å²) in [4.78, 5) is 37.6. The summed E-state index contributed by atoms with van der Waals surface area (Å²) in [5.41, 5.74) is 0. The minimum atomic E-state index is -0.757. The zero-order valence-corrected chi connectivity index (χ0v) is 35.1. The van der Waals surface area contributed by atoms with Crippen molar-refractivity contribution in [3.63, 3.8) is 0 Å². The molecule has 0 amide bonds. The fraction of sp³-hybridized carbons (Fsp3) is 0.935. The van der Waals surface area contributed by atoms with Gasteiger partial charge in [0, 0.05) is 19.3 Å². The molecule has 0 spiro atoms. The lowest BCUT2D eigenvalue weighted by Crippen LogP contribution is -2.30. The largest absolute Gasteiger partial charge is 0.462 e. The number of carbonyl (C=O) groups is 3. The first-order valence-electron chi connectivity index (χ1n) is 23.0. The van der Waals surface area contributed by atoms with Crippen LogP contribution in [0.5, 0.6) is 0 Å². The molecule has 0 aromatic carbocycles. The fourth-order valence-electron chi connectivity index (χ4n) is 6.85. The number of carbonyl (C=O) groups excluding carboxylic acids is 3. The lowest BCUT2D eigenvalue weighted by molar-refractivity contribution is -0.167. The Bertz CT molecular complexity index is 768. The first-order valence-corrected chi connectivity index (χ1v) is 23.0. The molecule has 0 heterocycles. The van der Waals surface area contributed by atoms with Gasteiger partial charge in [0.2, 0.25) is 0 Å². The molecule has 0 saturated heterocycles. The predicted octanol–water partition coefficient (Wildman–Crippen LogP) is 14.5. The van der Waals surface area contributed by atoms with Crippen molar-refractivity contribution in [2.75, 3.05) is 13.2 Å². The van der Waals surface area contributed by atoms with Gasteiger partial charge in [0.25, 0.3) is 0 Å². The van der Waals surface area contributed by atoms with E-state index in [1.54, 1.807) is 0 Å². The van der Waals surface area contributed by atoms with Gasteiger partial charge in [-0.3, -0.25) is 14.4 Å². The molecule has 6 nitrogen and oxygen atoms in total. The van der Waals surface area contributed by atoms with Gasteiger partial charge >= 0.3 is 17.9 Å². The summed E-state index contributed by atoms with van der Waals surface area (Å²) in [6.45, 7) is 6.63. The summed E-state index contributed by atoms with van der Waals surface area (Å²) in [5.74, 6) is -0.854. The smallest absolute Gasteiger partial charge is 0.306 e. The van der Waals surface area contributed by atoms with Crippen molar-refractivity contribution in [2.24, 2.45) is 0 Å². The summed E-state index contributed by atoms with van der Waals surface area (Å²) < 4.78 is 16.7. The van der Waals surface area contributed by atoms with E-state index in [9.17, 15) is 14.4 Å². The molecule has 6 heteroatoms. The van der Waals surface area contributed by atoms with E-state index >= 15 is 0 Å². The summed E-state index contributed by atoms with van der Waals surface area (Å²) >= 11 is 0. The van der Waals surface area contributed by atoms with E-state index in [0.717, 1.165) is 57.8 Å². The van der Waals surface area contributed by atoms with E-state index in [4.69, 9.17) is 14.2 Å². The Morgan fingerprint density at radius 1 is 0.308 bits per heavy atom. The first-order chi connectivity index (χ1) is 25.5. The van der Waals surface area contributed by atoms with Crippen molar-refractivity contribution in [2.45, 2.75) is 264 Å². The molecule has 0 radical (unpaired) electrons. The van der Waals surface area contributed by atoms with Crippen LogP contribution < -0.4 is 0 Å². The van der Waals surface area contributed by atoms with E-state index in [1.807, 2.05) is 0 Å². The third kappa shape index (κ3) is 39.6. The van der Waals surface area contributed by atoms with Crippen LogP contribution in [0.25, 0.3) is 0 Å². The minimum absolute atomic E-state index is 0.0628. The van der Waals surface area contributed by atoms with Crippen LogP contribution in [0.1, 0.15) is 258 Å². The highest BCUT2D eigenvalue weighted by molar-refractivity contribution is 5.71. The zero-order valence-electron chi connectivity index (χ0n) is 35.1. The quantitative estimate of drug-likeness (QED) is 0.0353. The van der Waals surface area contributed by atoms with Crippen LogP contribution in [0.15, 0.2) is 0 Å². The molecular formula is C46H88O6. The lowest BCUT2D eigenvalue weighted by atomic mass is 10.0. The van der Waals surface area contributed by atoms with E-state index in [2.05, 4.69) is 20.8 Å². The molecule has 0 aliphatic rings. The summed E-state index contributed by atoms with van der Waals surface area (Å²) in [7, 11) is 0. The standard InChI is InChI=1S/C46H88O6/c1-4-7-10-13-16-19-21-22-23-24-25-28-30-33-36-39-45(48)51-42-43(41-50-44(47)38-35-32-29-26-18-15-12-9-6-3)52-46(49)40-37-34-31-27-20-17-14-11-8-5-2/h43H,4-42H2,1-3H3/t43-/m1/s1. The molecule has 0 aliphatic heterocycles. The van der Waals surface area contributed by atoms with E-state index in [1.165, 1.54) is 161 Å². The predicted molar refractivity (Wildman–Crippen MR) is 220 cm³/mol. The van der Waals surface area contributed by atoms with Crippen molar-refractivity contribution < 1.29 is 28.6 Å². The molecule has 0 aromatic heterocycles. The molecule has 0 saturated carbocycles. The number of esters is 3. The van der Waals surface area contributed by atoms with Crippen LogP contribution in [-0.4, -0.2) is 37.2 Å². The Balaban J connectivity index is 4.26. The van der Waals surface area contributed by atoms with Gasteiger partial charge in [-0.25, -0.2) is 0 Å². The van der Waals surface area contributed by atoms with Crippen molar-refractivity contribution in [3.8, 4) is 0 Å². The topological polar surface area (TPSA) is 78.9 Å². The number of ether oxygens (including phenoxy) is 3. The van der Waals surface area contributed by atoms with Crippen molar-refractivity contribution >= 4 is 17.9 Å². The molecular weight excluding hydrogens is 648 g/mol. The van der Waals surface area contributed by atoms with E-state index < -0.39 is 6.10 Å². The van der Waals surface area contributed by atoms with Crippen LogP contribution in [-0.2, 0) is 28.6 Å². The maximum absolute atomic E-state index is 12.7. The van der Waals surface area contributed by atoms with Crippen molar-refractivity contribution in [1.82, 2.24) is 0 Å². The molecule has 0 rings (SSSR count). The number of hydrogen-bond donors (Lipinski definition) is 0. The second-order valence-electron chi connectivity index (χ2n) is 15.7. The fourth-order valence-corrected chi connectivity index (χ4v) is 6.85. The van der Waals surface area contributed by atoms with Crippen LogP contribution in [0.4, 0.5) is 0 Å². The lowest BCUT2D eigenvalue weighted by Gasteiger charge is -2.18. The maximum Gasteiger partial charge on any atom is 0.306 e. The average Bonchev–Trinajstić information content (AvgIpc) is 3.14. The van der Waals surface area contributed by atoms with E-state index in [-0.39, 0.29) is 31.1 Å². The monoisotopic (exact) mass is 737 g/mol. The number of hydrogen-bond acceptors (Lipinski definition) is 6. The Kier molecular flexibility index (Phi) is 40.9. The van der Waals surface area contributed by atoms with Gasteiger partial charge in [-0.15, -0.1) is 0 Å². The SMILES string of the molecule is CCCCCCCCCCCCCCCCCC(=O)OC[C@@H](COC(=O)CCCCCCCCCCC)OC(=O)CCCCCCCCCCCC. The summed E-state index contributed by atoms with van der Waals surface area (Å²) in [6, 6.07) is 0. The molecule has 0 fully saturated rings. The van der Waals surface area contributed by atoms with Crippen LogP contribution in [0, 0.1) is 0 Å². The van der Waals surface area contributed by atoms with Gasteiger partial charge in [0.1, 0.15) is 13.2 Å².